The summed E-state index contributed by atoms with van der Waals surface area (Å²) in [6, 6.07) is 5.66. The number of hydrogen-bond acceptors (Lipinski definition) is 7. The van der Waals surface area contributed by atoms with Gasteiger partial charge in [0.05, 0.1) is 24.3 Å². The lowest BCUT2D eigenvalue weighted by Crippen LogP contribution is -2.39. The van der Waals surface area contributed by atoms with Crippen LogP contribution >= 0.6 is 0 Å². The number of aromatic nitrogens is 2. The number of amidine groups is 1. The number of aromatic hydroxyl groups is 1. The van der Waals surface area contributed by atoms with Crippen LogP contribution in [0.3, 0.4) is 0 Å². The Morgan fingerprint density at radius 3 is 2.70 bits per heavy atom. The predicted octanol–water partition coefficient (Wildman–Crippen LogP) is 1.76. The number of benzene rings is 1. The first-order chi connectivity index (χ1) is 17.6. The van der Waals surface area contributed by atoms with Gasteiger partial charge in [-0.2, -0.15) is 0 Å². The molecule has 1 amide bonds. The van der Waals surface area contributed by atoms with Crippen molar-refractivity contribution in [3.05, 3.63) is 63.3 Å². The highest BCUT2D eigenvalue weighted by Gasteiger charge is 2.37. The molecule has 0 saturated heterocycles. The summed E-state index contributed by atoms with van der Waals surface area (Å²) in [7, 11) is 3.20. The summed E-state index contributed by atoms with van der Waals surface area (Å²) < 4.78 is 43.5. The van der Waals surface area contributed by atoms with Gasteiger partial charge in [0.25, 0.3) is 17.4 Å². The van der Waals surface area contributed by atoms with Gasteiger partial charge in [-0.15, -0.1) is 0 Å². The maximum absolute atomic E-state index is 14.7. The van der Waals surface area contributed by atoms with Crippen molar-refractivity contribution in [1.29, 1.82) is 0 Å². The second-order valence-electron chi connectivity index (χ2n) is 8.53. The topological polar surface area (TPSA) is 133 Å². The number of hydrogen-bond donors (Lipinski definition) is 5. The van der Waals surface area contributed by atoms with E-state index >= 15 is 0 Å². The van der Waals surface area contributed by atoms with Crippen molar-refractivity contribution < 1.29 is 23.1 Å². The minimum absolute atomic E-state index is 0.0329. The summed E-state index contributed by atoms with van der Waals surface area (Å²) in [4.78, 5) is 34.4. The van der Waals surface area contributed by atoms with Crippen molar-refractivity contribution in [2.24, 2.45) is 4.99 Å². The Balaban J connectivity index is 1.78. The number of carbonyl (C=O) groups excluding carboxylic acids is 1. The molecule has 37 heavy (non-hydrogen) atoms. The number of anilines is 1. The van der Waals surface area contributed by atoms with Crippen LogP contribution in [0.1, 0.15) is 27.9 Å². The fraction of sp³-hybridized carbons (Fsp3) is 0.333. The number of rotatable bonds is 7. The number of alkyl halides is 2. The molecule has 0 spiro atoms. The van der Waals surface area contributed by atoms with E-state index < -0.39 is 47.6 Å². The molecule has 1 aliphatic heterocycles. The lowest BCUT2D eigenvalue weighted by atomic mass is 10.0. The molecule has 0 unspecified atom stereocenters. The van der Waals surface area contributed by atoms with E-state index in [2.05, 4.69) is 31.5 Å². The Hall–Kier alpha value is -4.13. The zero-order chi connectivity index (χ0) is 26.7. The van der Waals surface area contributed by atoms with Crippen LogP contribution in [0.5, 0.6) is 5.75 Å². The maximum Gasteiger partial charge on any atom is 0.282 e. The molecule has 1 aromatic carbocycles. The van der Waals surface area contributed by atoms with Crippen molar-refractivity contribution >= 4 is 28.5 Å². The summed E-state index contributed by atoms with van der Waals surface area (Å²) >= 11 is 0. The first kappa shape index (κ1) is 25.9. The molecular weight excluding hydrogens is 491 g/mol. The molecule has 3 heterocycles. The summed E-state index contributed by atoms with van der Waals surface area (Å²) in [5.41, 5.74) is 4.88. The van der Waals surface area contributed by atoms with E-state index in [0.717, 1.165) is 4.57 Å². The van der Waals surface area contributed by atoms with E-state index in [1.807, 2.05) is 0 Å². The van der Waals surface area contributed by atoms with E-state index in [4.69, 9.17) is 0 Å². The van der Waals surface area contributed by atoms with Gasteiger partial charge in [-0.1, -0.05) is 12.1 Å². The molecule has 5 N–H and O–H groups in total. The minimum Gasteiger partial charge on any atom is -0.505 e. The smallest absolute Gasteiger partial charge is 0.282 e. The number of hydrazine groups is 1. The first-order valence-electron chi connectivity index (χ1n) is 11.4. The highest BCUT2D eigenvalue weighted by atomic mass is 19.3. The molecule has 0 fully saturated rings. The number of pyridine rings is 2. The SMILES string of the molecule is CN=C(CCNC(=O)c1c(O)c2ncc(Cc3ccc(F)cc3)c3c2n(c1=O)CC(F)(F)CN3)NNC. The van der Waals surface area contributed by atoms with Crippen molar-refractivity contribution in [3.63, 3.8) is 0 Å². The van der Waals surface area contributed by atoms with Crippen molar-refractivity contribution in [2.75, 3.05) is 32.5 Å². The predicted molar refractivity (Wildman–Crippen MR) is 133 cm³/mol. The quantitative estimate of drug-likeness (QED) is 0.183. The van der Waals surface area contributed by atoms with E-state index in [9.17, 15) is 27.9 Å². The van der Waals surface area contributed by atoms with Crippen LogP contribution in [0.25, 0.3) is 11.0 Å². The van der Waals surface area contributed by atoms with Crippen LogP contribution < -0.4 is 27.0 Å². The van der Waals surface area contributed by atoms with E-state index in [0.29, 0.717) is 17.0 Å². The number of aliphatic imine (C=N–C) groups is 1. The number of halogens is 3. The fourth-order valence-corrected chi connectivity index (χ4v) is 4.20. The van der Waals surface area contributed by atoms with Gasteiger partial charge in [0, 0.05) is 45.2 Å². The highest BCUT2D eigenvalue weighted by Crippen LogP contribution is 2.36. The number of nitrogens with zero attached hydrogens (tertiary/aromatic N) is 3. The molecule has 0 bridgehead atoms. The van der Waals surface area contributed by atoms with Gasteiger partial charge in [0.1, 0.15) is 22.7 Å². The normalized spacial score (nSPS) is 14.7. The van der Waals surface area contributed by atoms with Crippen LogP contribution in [-0.2, 0) is 13.0 Å². The number of carbonyl (C=O) groups is 1. The van der Waals surface area contributed by atoms with E-state index in [1.54, 1.807) is 26.2 Å². The Kier molecular flexibility index (Phi) is 7.34. The van der Waals surface area contributed by atoms with Crippen LogP contribution in [0.15, 0.2) is 40.2 Å². The third-order valence-corrected chi connectivity index (χ3v) is 5.96. The standard InChI is InChI=1S/C24H26F3N7O3/c1-28-16(33-29-2)7-8-30-22(36)17-21(35)19-20-18(32-11-24(26,27)12-34(20)23(17)37)14(10-31-19)9-13-3-5-15(25)6-4-13/h3-6,10,29,32,35H,7-9,11-12H2,1-2H3,(H,28,33)(H,30,36). The van der Waals surface area contributed by atoms with Crippen molar-refractivity contribution in [1.82, 2.24) is 25.7 Å². The second kappa shape index (κ2) is 10.5. The molecule has 0 aliphatic carbocycles. The van der Waals surface area contributed by atoms with Gasteiger partial charge in [0.15, 0.2) is 5.75 Å². The van der Waals surface area contributed by atoms with Crippen molar-refractivity contribution in [3.8, 4) is 5.75 Å². The van der Waals surface area contributed by atoms with Crippen molar-refractivity contribution in [2.45, 2.75) is 25.3 Å². The third-order valence-electron chi connectivity index (χ3n) is 5.96. The maximum atomic E-state index is 14.7. The summed E-state index contributed by atoms with van der Waals surface area (Å²) in [6.45, 7) is -1.73. The van der Waals surface area contributed by atoms with Gasteiger partial charge >= 0.3 is 0 Å². The average molecular weight is 518 g/mol. The fourth-order valence-electron chi connectivity index (χ4n) is 4.20. The third kappa shape index (κ3) is 5.35. The molecular formula is C24H26F3N7O3. The van der Waals surface area contributed by atoms with Crippen LogP contribution in [0, 0.1) is 5.82 Å². The van der Waals surface area contributed by atoms with Crippen LogP contribution in [-0.4, -0.2) is 59.5 Å². The molecule has 0 saturated carbocycles. The molecule has 2 aromatic heterocycles. The lowest BCUT2D eigenvalue weighted by molar-refractivity contribution is -0.000937. The summed E-state index contributed by atoms with van der Waals surface area (Å²) in [5.74, 6) is -4.85. The second-order valence-corrected chi connectivity index (χ2v) is 8.53. The molecule has 0 atom stereocenters. The van der Waals surface area contributed by atoms with Crippen LogP contribution in [0.4, 0.5) is 18.9 Å². The summed E-state index contributed by atoms with van der Waals surface area (Å²) in [5, 5.41) is 16.1. The largest absolute Gasteiger partial charge is 0.505 e. The highest BCUT2D eigenvalue weighted by molar-refractivity contribution is 6.04. The molecule has 0 radical (unpaired) electrons. The average Bonchev–Trinajstić information content (AvgIpc) is 3.01. The Bertz CT molecular complexity index is 1420. The molecule has 1 aliphatic rings. The first-order valence-corrected chi connectivity index (χ1v) is 11.4. The van der Waals surface area contributed by atoms with Gasteiger partial charge in [-0.25, -0.2) is 18.6 Å². The van der Waals surface area contributed by atoms with E-state index in [1.165, 1.54) is 18.3 Å². The Morgan fingerprint density at radius 2 is 2.03 bits per heavy atom. The number of amides is 1. The Morgan fingerprint density at radius 1 is 1.30 bits per heavy atom. The van der Waals surface area contributed by atoms with Gasteiger partial charge in [-0.05, 0) is 17.7 Å². The molecule has 4 rings (SSSR count). The molecule has 196 valence electrons. The number of nitrogens with one attached hydrogen (secondary N) is 4. The Labute approximate surface area is 209 Å². The minimum atomic E-state index is -3.33. The lowest BCUT2D eigenvalue weighted by Gasteiger charge is -2.17. The monoisotopic (exact) mass is 517 g/mol. The van der Waals surface area contributed by atoms with Gasteiger partial charge in [-0.3, -0.25) is 24.1 Å². The van der Waals surface area contributed by atoms with Crippen LogP contribution in [0.2, 0.25) is 0 Å². The zero-order valence-corrected chi connectivity index (χ0v) is 20.2. The molecule has 10 nitrogen and oxygen atoms in total. The summed E-state index contributed by atoms with van der Waals surface area (Å²) in [6.07, 6.45) is 1.86. The van der Waals surface area contributed by atoms with Gasteiger partial charge in [0.2, 0.25) is 0 Å². The zero-order valence-electron chi connectivity index (χ0n) is 20.2. The van der Waals surface area contributed by atoms with Gasteiger partial charge < -0.3 is 21.2 Å². The molecule has 3 aromatic rings. The molecule has 13 heteroatoms. The van der Waals surface area contributed by atoms with E-state index in [-0.39, 0.29) is 36.1 Å².